The van der Waals surface area contributed by atoms with Gasteiger partial charge in [0.1, 0.15) is 5.75 Å². The predicted octanol–water partition coefficient (Wildman–Crippen LogP) is 2.56. The standard InChI is InChI=1S/C15H22O6S/c1-19-13-7-5-12(6-8-13)14(9-11-22(16,17)18)21-15-4-2-3-10-20-15/h5-8,14-15H,2-4,9-11H2,1H3,(H,16,17,18). The first-order chi connectivity index (χ1) is 10.5. The SMILES string of the molecule is COc1ccc(C(CCS(=O)(=O)O)OC2CCCCO2)cc1. The molecule has 0 saturated carbocycles. The Bertz CT molecular complexity index is 548. The monoisotopic (exact) mass is 330 g/mol. The molecule has 1 aliphatic heterocycles. The molecule has 0 radical (unpaired) electrons. The van der Waals surface area contributed by atoms with Gasteiger partial charge in [0.05, 0.1) is 19.0 Å². The van der Waals surface area contributed by atoms with E-state index >= 15 is 0 Å². The predicted molar refractivity (Wildman–Crippen MR) is 81.4 cm³/mol. The third-order valence-electron chi connectivity index (χ3n) is 3.58. The first-order valence-corrected chi connectivity index (χ1v) is 8.95. The molecule has 0 aromatic heterocycles. The fraction of sp³-hybridized carbons (Fsp3) is 0.600. The Morgan fingerprint density at radius 1 is 1.32 bits per heavy atom. The van der Waals surface area contributed by atoms with Crippen LogP contribution in [0.1, 0.15) is 37.4 Å². The molecule has 1 heterocycles. The van der Waals surface area contributed by atoms with E-state index in [0.29, 0.717) is 12.4 Å². The maximum absolute atomic E-state index is 11.0. The van der Waals surface area contributed by atoms with E-state index in [1.165, 1.54) is 0 Å². The van der Waals surface area contributed by atoms with E-state index in [1.807, 2.05) is 12.1 Å². The summed E-state index contributed by atoms with van der Waals surface area (Å²) in [7, 11) is -2.45. The second-order valence-corrected chi connectivity index (χ2v) is 6.84. The second kappa shape index (κ2) is 7.92. The Balaban J connectivity index is 2.08. The Hall–Kier alpha value is -1.15. The minimum Gasteiger partial charge on any atom is -0.497 e. The van der Waals surface area contributed by atoms with E-state index in [0.717, 1.165) is 24.8 Å². The quantitative estimate of drug-likeness (QED) is 0.774. The summed E-state index contributed by atoms with van der Waals surface area (Å²) < 4.78 is 47.6. The van der Waals surface area contributed by atoms with Crippen LogP contribution in [-0.2, 0) is 19.6 Å². The maximum atomic E-state index is 11.0. The zero-order valence-corrected chi connectivity index (χ0v) is 13.4. The van der Waals surface area contributed by atoms with Gasteiger partial charge in [-0.3, -0.25) is 4.55 Å². The number of ether oxygens (including phenoxy) is 3. The molecule has 1 aromatic rings. The van der Waals surface area contributed by atoms with Crippen molar-refractivity contribution in [1.82, 2.24) is 0 Å². The first-order valence-electron chi connectivity index (χ1n) is 7.34. The summed E-state index contributed by atoms with van der Waals surface area (Å²) in [5.74, 6) is 0.363. The minimum absolute atomic E-state index is 0.172. The van der Waals surface area contributed by atoms with Crippen LogP contribution in [0.4, 0.5) is 0 Å². The summed E-state index contributed by atoms with van der Waals surface area (Å²) in [5.41, 5.74) is 0.832. The van der Waals surface area contributed by atoms with Gasteiger partial charge in [-0.25, -0.2) is 0 Å². The lowest BCUT2D eigenvalue weighted by Crippen LogP contribution is -2.25. The summed E-state index contributed by atoms with van der Waals surface area (Å²) >= 11 is 0. The number of methoxy groups -OCH3 is 1. The van der Waals surface area contributed by atoms with Gasteiger partial charge in [-0.1, -0.05) is 12.1 Å². The van der Waals surface area contributed by atoms with Gasteiger partial charge in [0, 0.05) is 6.61 Å². The van der Waals surface area contributed by atoms with Gasteiger partial charge in [0.2, 0.25) is 0 Å². The molecule has 124 valence electrons. The van der Waals surface area contributed by atoms with Crippen molar-refractivity contribution in [2.45, 2.75) is 38.1 Å². The van der Waals surface area contributed by atoms with E-state index in [4.69, 9.17) is 18.8 Å². The van der Waals surface area contributed by atoms with Crippen LogP contribution in [-0.4, -0.2) is 38.7 Å². The molecule has 1 N–H and O–H groups in total. The number of rotatable bonds is 7. The molecule has 6 nitrogen and oxygen atoms in total. The maximum Gasteiger partial charge on any atom is 0.264 e. The van der Waals surface area contributed by atoms with E-state index in [9.17, 15) is 8.42 Å². The number of benzene rings is 1. The van der Waals surface area contributed by atoms with Crippen LogP contribution >= 0.6 is 0 Å². The molecule has 1 saturated heterocycles. The van der Waals surface area contributed by atoms with Crippen molar-refractivity contribution < 1.29 is 27.2 Å². The van der Waals surface area contributed by atoms with Gasteiger partial charge < -0.3 is 14.2 Å². The Morgan fingerprint density at radius 2 is 2.05 bits per heavy atom. The molecule has 0 aliphatic carbocycles. The molecule has 0 bridgehead atoms. The summed E-state index contributed by atoms with van der Waals surface area (Å²) in [4.78, 5) is 0. The first kappa shape index (κ1) is 17.2. The zero-order chi connectivity index (χ0) is 16.0. The molecule has 2 atom stereocenters. The minimum atomic E-state index is -4.03. The van der Waals surface area contributed by atoms with Gasteiger partial charge in [0.25, 0.3) is 10.1 Å². The summed E-state index contributed by atoms with van der Waals surface area (Å²) in [6, 6.07) is 7.24. The van der Waals surface area contributed by atoms with Gasteiger partial charge in [-0.15, -0.1) is 0 Å². The van der Waals surface area contributed by atoms with Crippen molar-refractivity contribution in [3.63, 3.8) is 0 Å². The number of hydrogen-bond donors (Lipinski definition) is 1. The van der Waals surface area contributed by atoms with Gasteiger partial charge in [-0.05, 0) is 43.4 Å². The molecular weight excluding hydrogens is 308 g/mol. The third-order valence-corrected chi connectivity index (χ3v) is 4.33. The van der Waals surface area contributed by atoms with Gasteiger partial charge in [0.15, 0.2) is 6.29 Å². The summed E-state index contributed by atoms with van der Waals surface area (Å²) in [6.07, 6.45) is 2.22. The number of hydrogen-bond acceptors (Lipinski definition) is 5. The lowest BCUT2D eigenvalue weighted by Gasteiger charge is -2.28. The Kier molecular flexibility index (Phi) is 6.19. The third kappa shape index (κ3) is 5.57. The summed E-state index contributed by atoms with van der Waals surface area (Å²) in [5, 5.41) is 0. The molecule has 1 fully saturated rings. The fourth-order valence-electron chi connectivity index (χ4n) is 2.39. The highest BCUT2D eigenvalue weighted by Crippen LogP contribution is 2.28. The average Bonchev–Trinajstić information content (AvgIpc) is 2.52. The molecule has 0 spiro atoms. The van der Waals surface area contributed by atoms with E-state index in [1.54, 1.807) is 19.2 Å². The van der Waals surface area contributed by atoms with Crippen LogP contribution in [0.15, 0.2) is 24.3 Å². The van der Waals surface area contributed by atoms with Crippen molar-refractivity contribution in [3.05, 3.63) is 29.8 Å². The highest BCUT2D eigenvalue weighted by molar-refractivity contribution is 7.85. The van der Waals surface area contributed by atoms with Crippen molar-refractivity contribution in [2.24, 2.45) is 0 Å². The van der Waals surface area contributed by atoms with Crippen LogP contribution in [0.2, 0.25) is 0 Å². The van der Waals surface area contributed by atoms with Crippen molar-refractivity contribution >= 4 is 10.1 Å². The highest BCUT2D eigenvalue weighted by atomic mass is 32.2. The molecule has 1 aliphatic rings. The Labute approximate surface area is 131 Å². The molecule has 7 heteroatoms. The van der Waals surface area contributed by atoms with Crippen LogP contribution in [0.5, 0.6) is 5.75 Å². The zero-order valence-electron chi connectivity index (χ0n) is 12.6. The van der Waals surface area contributed by atoms with E-state index < -0.39 is 16.2 Å². The van der Waals surface area contributed by atoms with Gasteiger partial charge >= 0.3 is 0 Å². The summed E-state index contributed by atoms with van der Waals surface area (Å²) in [6.45, 7) is 0.651. The fourth-order valence-corrected chi connectivity index (χ4v) is 2.90. The van der Waals surface area contributed by atoms with Crippen LogP contribution in [0, 0.1) is 0 Å². The molecule has 22 heavy (non-hydrogen) atoms. The molecule has 0 amide bonds. The smallest absolute Gasteiger partial charge is 0.264 e. The van der Waals surface area contributed by atoms with E-state index in [-0.39, 0.29) is 18.5 Å². The largest absolute Gasteiger partial charge is 0.497 e. The Morgan fingerprint density at radius 3 is 2.59 bits per heavy atom. The lowest BCUT2D eigenvalue weighted by atomic mass is 10.1. The molecule has 1 aromatic carbocycles. The second-order valence-electron chi connectivity index (χ2n) is 5.27. The van der Waals surface area contributed by atoms with Crippen molar-refractivity contribution in [2.75, 3.05) is 19.5 Å². The van der Waals surface area contributed by atoms with Crippen LogP contribution in [0.25, 0.3) is 0 Å². The van der Waals surface area contributed by atoms with Crippen molar-refractivity contribution in [1.29, 1.82) is 0 Å². The van der Waals surface area contributed by atoms with Gasteiger partial charge in [-0.2, -0.15) is 8.42 Å². The lowest BCUT2D eigenvalue weighted by molar-refractivity contribution is -0.190. The van der Waals surface area contributed by atoms with Crippen LogP contribution in [0.3, 0.4) is 0 Å². The topological polar surface area (TPSA) is 82.1 Å². The van der Waals surface area contributed by atoms with Crippen molar-refractivity contribution in [3.8, 4) is 5.75 Å². The van der Waals surface area contributed by atoms with E-state index in [2.05, 4.69) is 0 Å². The normalized spacial score (nSPS) is 20.5. The van der Waals surface area contributed by atoms with Crippen LogP contribution < -0.4 is 4.74 Å². The molecule has 2 rings (SSSR count). The highest BCUT2D eigenvalue weighted by Gasteiger charge is 2.22. The average molecular weight is 330 g/mol. The molecule has 2 unspecified atom stereocenters. The molecular formula is C15H22O6S.